The molecule has 0 saturated carbocycles. The van der Waals surface area contributed by atoms with E-state index in [1.807, 2.05) is 0 Å². The van der Waals surface area contributed by atoms with E-state index in [1.54, 1.807) is 35.6 Å². The zero-order valence-electron chi connectivity index (χ0n) is 11.5. The van der Waals surface area contributed by atoms with Crippen molar-refractivity contribution in [2.75, 3.05) is 10.6 Å². The first-order valence-corrected chi connectivity index (χ1v) is 7.17. The lowest BCUT2D eigenvalue weighted by molar-refractivity contribution is -0.167. The molecule has 0 saturated heterocycles. The predicted molar refractivity (Wildman–Crippen MR) is 84.9 cm³/mol. The number of rotatable bonds is 4. The molecule has 0 bridgehead atoms. The lowest BCUT2D eigenvalue weighted by Crippen LogP contribution is -2.29. The third-order valence-electron chi connectivity index (χ3n) is 2.86. The number of alkyl halides is 3. The Bertz CT molecular complexity index is 720. The van der Waals surface area contributed by atoms with Crippen molar-refractivity contribution in [3.05, 3.63) is 58.1 Å². The monoisotopic (exact) mass is 362 g/mol. The van der Waals surface area contributed by atoms with Crippen LogP contribution in [-0.4, -0.2) is 12.1 Å². The van der Waals surface area contributed by atoms with E-state index in [0.29, 0.717) is 27.8 Å². The van der Waals surface area contributed by atoms with Gasteiger partial charge in [0.15, 0.2) is 0 Å². The maximum atomic E-state index is 12.2. The summed E-state index contributed by atoms with van der Waals surface area (Å²) in [6, 6.07) is 11.0. The Morgan fingerprint density at radius 3 is 2.48 bits per heavy atom. The Labute approximate surface area is 140 Å². The summed E-state index contributed by atoms with van der Waals surface area (Å²) in [5, 5.41) is 5.77. The molecule has 3 nitrogen and oxygen atoms in total. The first-order valence-electron chi connectivity index (χ1n) is 6.42. The molecule has 2 aromatic rings. The topological polar surface area (TPSA) is 41.1 Å². The van der Waals surface area contributed by atoms with E-state index in [9.17, 15) is 18.0 Å². The number of hydrogen-bond acceptors (Lipinski definition) is 2. The number of anilines is 2. The van der Waals surface area contributed by atoms with Gasteiger partial charge in [-0.25, -0.2) is 0 Å². The molecule has 8 heteroatoms. The van der Waals surface area contributed by atoms with E-state index in [4.69, 9.17) is 23.2 Å². The minimum absolute atomic E-state index is 0.0637. The van der Waals surface area contributed by atoms with Gasteiger partial charge in [-0.2, -0.15) is 13.2 Å². The van der Waals surface area contributed by atoms with E-state index in [2.05, 4.69) is 5.32 Å². The summed E-state index contributed by atoms with van der Waals surface area (Å²) in [7, 11) is 0. The van der Waals surface area contributed by atoms with E-state index in [0.717, 1.165) is 0 Å². The summed E-state index contributed by atoms with van der Waals surface area (Å²) >= 11 is 11.8. The Hall–Kier alpha value is -1.92. The van der Waals surface area contributed by atoms with Gasteiger partial charge in [0.05, 0.1) is 10.7 Å². The van der Waals surface area contributed by atoms with Crippen molar-refractivity contribution in [2.24, 2.45) is 0 Å². The van der Waals surface area contributed by atoms with Gasteiger partial charge in [-0.05, 0) is 35.9 Å². The van der Waals surface area contributed by atoms with Crippen molar-refractivity contribution in [3.63, 3.8) is 0 Å². The highest BCUT2D eigenvalue weighted by Gasteiger charge is 2.38. The van der Waals surface area contributed by atoms with E-state index < -0.39 is 12.1 Å². The van der Waals surface area contributed by atoms with Crippen LogP contribution in [0.1, 0.15) is 5.56 Å². The van der Waals surface area contributed by atoms with Crippen LogP contribution in [0.2, 0.25) is 10.0 Å². The Kier molecular flexibility index (Phi) is 5.38. The summed E-state index contributed by atoms with van der Waals surface area (Å²) < 4.78 is 36.7. The number of carbonyl (C=O) groups is 1. The molecule has 23 heavy (non-hydrogen) atoms. The van der Waals surface area contributed by atoms with E-state index in [1.165, 1.54) is 12.1 Å². The lowest BCUT2D eigenvalue weighted by atomic mass is 10.2. The number of halogens is 5. The van der Waals surface area contributed by atoms with Gasteiger partial charge in [0.1, 0.15) is 0 Å². The van der Waals surface area contributed by atoms with Crippen molar-refractivity contribution < 1.29 is 18.0 Å². The Balaban J connectivity index is 2.04. The molecular formula is C15H11Cl2F3N2O. The summed E-state index contributed by atoms with van der Waals surface area (Å²) in [6.45, 7) is 0.317. The molecule has 0 atom stereocenters. The predicted octanol–water partition coefficient (Wildman–Crippen LogP) is 5.11. The molecule has 0 aliphatic rings. The maximum absolute atomic E-state index is 12.2. The average Bonchev–Trinajstić information content (AvgIpc) is 2.46. The van der Waals surface area contributed by atoms with Gasteiger partial charge in [0.25, 0.3) is 0 Å². The molecule has 122 valence electrons. The second kappa shape index (κ2) is 7.10. The first kappa shape index (κ1) is 17.4. The zero-order chi connectivity index (χ0) is 17.0. The molecule has 2 aromatic carbocycles. The molecule has 0 spiro atoms. The highest BCUT2D eigenvalue weighted by atomic mass is 35.5. The van der Waals surface area contributed by atoms with Crippen LogP contribution in [0.4, 0.5) is 24.5 Å². The number of carbonyl (C=O) groups excluding carboxylic acids is 1. The van der Waals surface area contributed by atoms with Crippen molar-refractivity contribution in [1.29, 1.82) is 0 Å². The quantitative estimate of drug-likeness (QED) is 0.793. The SMILES string of the molecule is O=C(Nc1cccc(CNc2ccc(Cl)cc2Cl)c1)C(F)(F)F. The van der Waals surface area contributed by atoms with Gasteiger partial charge in [0, 0.05) is 17.3 Å². The highest BCUT2D eigenvalue weighted by molar-refractivity contribution is 6.36. The molecule has 0 unspecified atom stereocenters. The summed E-state index contributed by atoms with van der Waals surface area (Å²) in [5.74, 6) is -2.01. The first-order chi connectivity index (χ1) is 10.8. The minimum Gasteiger partial charge on any atom is -0.380 e. The molecular weight excluding hydrogens is 352 g/mol. The Morgan fingerprint density at radius 1 is 1.09 bits per heavy atom. The average molecular weight is 363 g/mol. The molecule has 0 aliphatic carbocycles. The van der Waals surface area contributed by atoms with E-state index >= 15 is 0 Å². The fourth-order valence-electron chi connectivity index (χ4n) is 1.79. The standard InChI is InChI=1S/C15H11Cl2F3N2O/c16-10-4-5-13(12(17)7-10)21-8-9-2-1-3-11(6-9)22-14(23)15(18,19)20/h1-7,21H,8H2,(H,22,23). The maximum Gasteiger partial charge on any atom is 0.471 e. The summed E-state index contributed by atoms with van der Waals surface area (Å²) in [5.41, 5.74) is 1.38. The van der Waals surface area contributed by atoms with Gasteiger partial charge in [-0.15, -0.1) is 0 Å². The van der Waals surface area contributed by atoms with Crippen LogP contribution in [0.5, 0.6) is 0 Å². The molecule has 0 aromatic heterocycles. The largest absolute Gasteiger partial charge is 0.471 e. The number of nitrogens with one attached hydrogen (secondary N) is 2. The van der Waals surface area contributed by atoms with Crippen LogP contribution in [0.15, 0.2) is 42.5 Å². The molecule has 0 heterocycles. The number of benzene rings is 2. The normalized spacial score (nSPS) is 11.2. The summed E-state index contributed by atoms with van der Waals surface area (Å²) in [6.07, 6.45) is -4.93. The second-order valence-corrected chi connectivity index (χ2v) is 5.47. The lowest BCUT2D eigenvalue weighted by Gasteiger charge is -2.11. The van der Waals surface area contributed by atoms with Gasteiger partial charge in [-0.1, -0.05) is 35.3 Å². The van der Waals surface area contributed by atoms with Crippen LogP contribution in [-0.2, 0) is 11.3 Å². The van der Waals surface area contributed by atoms with Gasteiger partial charge < -0.3 is 10.6 Å². The van der Waals surface area contributed by atoms with Crippen LogP contribution in [0, 0.1) is 0 Å². The fraction of sp³-hybridized carbons (Fsp3) is 0.133. The van der Waals surface area contributed by atoms with Gasteiger partial charge in [0.2, 0.25) is 0 Å². The van der Waals surface area contributed by atoms with Crippen LogP contribution >= 0.6 is 23.2 Å². The molecule has 0 radical (unpaired) electrons. The molecule has 2 rings (SSSR count). The van der Waals surface area contributed by atoms with Crippen LogP contribution in [0.25, 0.3) is 0 Å². The molecule has 1 amide bonds. The number of amides is 1. The van der Waals surface area contributed by atoms with Crippen molar-refractivity contribution in [2.45, 2.75) is 12.7 Å². The van der Waals surface area contributed by atoms with Crippen LogP contribution in [0.3, 0.4) is 0 Å². The van der Waals surface area contributed by atoms with Crippen molar-refractivity contribution in [1.82, 2.24) is 0 Å². The molecule has 2 N–H and O–H groups in total. The third-order valence-corrected chi connectivity index (χ3v) is 3.40. The number of hydrogen-bond donors (Lipinski definition) is 2. The Morgan fingerprint density at radius 2 is 1.83 bits per heavy atom. The molecule has 0 fully saturated rings. The smallest absolute Gasteiger partial charge is 0.380 e. The van der Waals surface area contributed by atoms with E-state index in [-0.39, 0.29) is 5.69 Å². The second-order valence-electron chi connectivity index (χ2n) is 4.63. The third kappa shape index (κ3) is 5.04. The van der Waals surface area contributed by atoms with Gasteiger partial charge in [-0.3, -0.25) is 4.79 Å². The highest BCUT2D eigenvalue weighted by Crippen LogP contribution is 2.26. The van der Waals surface area contributed by atoms with Crippen molar-refractivity contribution >= 4 is 40.5 Å². The van der Waals surface area contributed by atoms with Gasteiger partial charge >= 0.3 is 12.1 Å². The van der Waals surface area contributed by atoms with Crippen LogP contribution < -0.4 is 10.6 Å². The minimum atomic E-state index is -4.93. The summed E-state index contributed by atoms with van der Waals surface area (Å²) in [4.78, 5) is 10.9. The molecule has 0 aliphatic heterocycles. The zero-order valence-corrected chi connectivity index (χ0v) is 13.1. The van der Waals surface area contributed by atoms with Crippen molar-refractivity contribution in [3.8, 4) is 0 Å². The fourth-order valence-corrected chi connectivity index (χ4v) is 2.27.